The summed E-state index contributed by atoms with van der Waals surface area (Å²) in [5.41, 5.74) is 0. The van der Waals surface area contributed by atoms with Crippen molar-refractivity contribution in [3.8, 4) is 0 Å². The lowest BCUT2D eigenvalue weighted by Crippen LogP contribution is -1.95. The third-order valence-corrected chi connectivity index (χ3v) is 1.84. The van der Waals surface area contributed by atoms with Gasteiger partial charge in [0.1, 0.15) is 17.3 Å². The van der Waals surface area contributed by atoms with Gasteiger partial charge in [0, 0.05) is 0 Å². The summed E-state index contributed by atoms with van der Waals surface area (Å²) < 4.78 is 10.3. The van der Waals surface area contributed by atoms with Crippen LogP contribution >= 0.6 is 0 Å². The molecule has 3 heteroatoms. The zero-order valence-electron chi connectivity index (χ0n) is 7.23. The van der Waals surface area contributed by atoms with Crippen LogP contribution in [0.5, 0.6) is 0 Å². The second-order valence-corrected chi connectivity index (χ2v) is 2.87. The summed E-state index contributed by atoms with van der Waals surface area (Å²) in [4.78, 5) is 0. The van der Waals surface area contributed by atoms with Crippen LogP contribution in [-0.2, 0) is 0 Å². The van der Waals surface area contributed by atoms with Crippen LogP contribution < -0.4 is 0 Å². The van der Waals surface area contributed by atoms with Crippen molar-refractivity contribution in [1.29, 1.82) is 0 Å². The normalized spacial score (nSPS) is 13.1. The average Bonchev–Trinajstić information content (AvgIpc) is 2.72. The van der Waals surface area contributed by atoms with Gasteiger partial charge in [-0.2, -0.15) is 0 Å². The molecule has 0 aliphatic heterocycles. The molecular weight excluding hydrogens is 168 g/mol. The summed E-state index contributed by atoms with van der Waals surface area (Å²) in [5.74, 6) is 1.78. The summed E-state index contributed by atoms with van der Waals surface area (Å²) in [6.07, 6.45) is 0.720. The Morgan fingerprint density at radius 1 is 1.23 bits per heavy atom. The predicted molar refractivity (Wildman–Crippen MR) is 46.2 cm³/mol. The molecule has 0 aliphatic rings. The molecule has 0 aromatic carbocycles. The summed E-state index contributed by atoms with van der Waals surface area (Å²) in [5, 5.41) is 9.71. The Labute approximate surface area is 75.6 Å². The van der Waals surface area contributed by atoms with Gasteiger partial charge in [-0.3, -0.25) is 0 Å². The predicted octanol–water partition coefficient (Wildman–Crippen LogP) is 2.26. The first-order valence-electron chi connectivity index (χ1n) is 4.05. The minimum absolute atomic E-state index is 0.495. The zero-order valence-corrected chi connectivity index (χ0v) is 7.23. The van der Waals surface area contributed by atoms with Gasteiger partial charge in [-0.1, -0.05) is 0 Å². The van der Waals surface area contributed by atoms with Gasteiger partial charge in [-0.05, 0) is 31.2 Å². The van der Waals surface area contributed by atoms with Crippen LogP contribution in [0.2, 0.25) is 0 Å². The molecule has 0 amide bonds. The van der Waals surface area contributed by atoms with Crippen molar-refractivity contribution in [2.24, 2.45) is 0 Å². The molecule has 2 heterocycles. The minimum Gasteiger partial charge on any atom is -0.466 e. The first-order valence-corrected chi connectivity index (χ1v) is 4.05. The largest absolute Gasteiger partial charge is 0.466 e. The van der Waals surface area contributed by atoms with Gasteiger partial charge in [0.25, 0.3) is 0 Å². The lowest BCUT2D eigenvalue weighted by Gasteiger charge is -2.02. The Bertz CT molecular complexity index is 373. The van der Waals surface area contributed by atoms with Gasteiger partial charge in [0.05, 0.1) is 6.26 Å². The molecule has 1 N–H and O–H groups in total. The maximum absolute atomic E-state index is 9.71. The van der Waals surface area contributed by atoms with E-state index < -0.39 is 6.10 Å². The van der Waals surface area contributed by atoms with Crippen molar-refractivity contribution >= 4 is 0 Å². The molecule has 0 saturated carbocycles. The number of hydrogen-bond donors (Lipinski definition) is 1. The van der Waals surface area contributed by atoms with Crippen molar-refractivity contribution in [3.63, 3.8) is 0 Å². The average molecular weight is 178 g/mol. The van der Waals surface area contributed by atoms with Crippen molar-refractivity contribution in [2.45, 2.75) is 13.0 Å². The molecule has 1 atom stereocenters. The van der Waals surface area contributed by atoms with Gasteiger partial charge >= 0.3 is 0 Å². The molecule has 3 nitrogen and oxygen atoms in total. The third-order valence-electron chi connectivity index (χ3n) is 1.84. The van der Waals surface area contributed by atoms with Gasteiger partial charge in [0.2, 0.25) is 0 Å². The minimum atomic E-state index is -0.802. The number of hydrogen-bond acceptors (Lipinski definition) is 3. The fourth-order valence-electron chi connectivity index (χ4n) is 1.19. The number of rotatable bonds is 2. The van der Waals surface area contributed by atoms with Gasteiger partial charge in [0.15, 0.2) is 6.10 Å². The molecule has 1 unspecified atom stereocenters. The molecule has 2 aromatic rings. The van der Waals surface area contributed by atoms with Crippen LogP contribution in [-0.4, -0.2) is 5.11 Å². The first-order chi connectivity index (χ1) is 6.27. The fourth-order valence-corrected chi connectivity index (χ4v) is 1.19. The lowest BCUT2D eigenvalue weighted by molar-refractivity contribution is 0.161. The van der Waals surface area contributed by atoms with Crippen molar-refractivity contribution in [1.82, 2.24) is 0 Å². The fraction of sp³-hybridized carbons (Fsp3) is 0.200. The lowest BCUT2D eigenvalue weighted by atomic mass is 10.2. The van der Waals surface area contributed by atoms with Crippen molar-refractivity contribution in [2.75, 3.05) is 0 Å². The molecule has 0 bridgehead atoms. The second-order valence-electron chi connectivity index (χ2n) is 2.87. The maximum Gasteiger partial charge on any atom is 0.169 e. The quantitative estimate of drug-likeness (QED) is 0.767. The number of aryl methyl sites for hydroxylation is 1. The van der Waals surface area contributed by atoms with Gasteiger partial charge in [-0.25, -0.2) is 0 Å². The van der Waals surface area contributed by atoms with Crippen LogP contribution in [0.3, 0.4) is 0 Å². The van der Waals surface area contributed by atoms with Crippen LogP contribution in [0.4, 0.5) is 0 Å². The monoisotopic (exact) mass is 178 g/mol. The van der Waals surface area contributed by atoms with Gasteiger partial charge in [-0.15, -0.1) is 0 Å². The smallest absolute Gasteiger partial charge is 0.169 e. The van der Waals surface area contributed by atoms with E-state index in [1.807, 2.05) is 13.0 Å². The zero-order chi connectivity index (χ0) is 9.26. The van der Waals surface area contributed by atoms with E-state index in [0.717, 1.165) is 5.76 Å². The van der Waals surface area contributed by atoms with E-state index in [9.17, 15) is 5.11 Å². The highest BCUT2D eigenvalue weighted by atomic mass is 16.4. The molecule has 0 spiro atoms. The second kappa shape index (κ2) is 3.11. The Kier molecular flexibility index (Phi) is 1.94. The Morgan fingerprint density at radius 3 is 2.62 bits per heavy atom. The standard InChI is InChI=1S/C10H10O3/c1-7-4-5-9(13-7)10(11)8-3-2-6-12-8/h2-6,10-11H,1H3. The Hall–Kier alpha value is -1.48. The molecule has 0 radical (unpaired) electrons. The topological polar surface area (TPSA) is 46.5 Å². The first kappa shape index (κ1) is 8.13. The molecule has 13 heavy (non-hydrogen) atoms. The molecule has 0 fully saturated rings. The Morgan fingerprint density at radius 2 is 2.08 bits per heavy atom. The SMILES string of the molecule is Cc1ccc(C(O)c2ccco2)o1. The van der Waals surface area contributed by atoms with E-state index in [0.29, 0.717) is 11.5 Å². The summed E-state index contributed by atoms with van der Waals surface area (Å²) in [6, 6.07) is 6.99. The van der Waals surface area contributed by atoms with E-state index in [4.69, 9.17) is 8.83 Å². The molecule has 0 aliphatic carbocycles. The highest BCUT2D eigenvalue weighted by Gasteiger charge is 2.15. The van der Waals surface area contributed by atoms with Crippen LogP contribution in [0.1, 0.15) is 23.4 Å². The molecular formula is C10H10O3. The molecule has 0 saturated heterocycles. The summed E-state index contributed by atoms with van der Waals surface area (Å²) >= 11 is 0. The van der Waals surface area contributed by atoms with E-state index in [2.05, 4.69) is 0 Å². The van der Waals surface area contributed by atoms with Gasteiger partial charge < -0.3 is 13.9 Å². The van der Waals surface area contributed by atoms with Crippen molar-refractivity contribution in [3.05, 3.63) is 47.8 Å². The van der Waals surface area contributed by atoms with E-state index in [1.54, 1.807) is 18.2 Å². The number of aliphatic hydroxyl groups is 1. The highest BCUT2D eigenvalue weighted by molar-refractivity contribution is 5.16. The van der Waals surface area contributed by atoms with Crippen LogP contribution in [0.25, 0.3) is 0 Å². The maximum atomic E-state index is 9.71. The number of aliphatic hydroxyl groups excluding tert-OH is 1. The Balaban J connectivity index is 2.28. The van der Waals surface area contributed by atoms with Crippen LogP contribution in [0.15, 0.2) is 39.4 Å². The third kappa shape index (κ3) is 1.51. The summed E-state index contributed by atoms with van der Waals surface area (Å²) in [6.45, 7) is 1.83. The van der Waals surface area contributed by atoms with Crippen molar-refractivity contribution < 1.29 is 13.9 Å². The molecule has 68 valence electrons. The summed E-state index contributed by atoms with van der Waals surface area (Å²) in [7, 11) is 0. The highest BCUT2D eigenvalue weighted by Crippen LogP contribution is 2.23. The van der Waals surface area contributed by atoms with E-state index in [1.165, 1.54) is 6.26 Å². The molecule has 2 aromatic heterocycles. The molecule has 2 rings (SSSR count). The van der Waals surface area contributed by atoms with Crippen LogP contribution in [0, 0.1) is 6.92 Å². The van der Waals surface area contributed by atoms with E-state index in [-0.39, 0.29) is 0 Å². The van der Waals surface area contributed by atoms with E-state index >= 15 is 0 Å². The number of furan rings is 2.